The summed E-state index contributed by atoms with van der Waals surface area (Å²) in [6.07, 6.45) is 8.08. The van der Waals surface area contributed by atoms with Gasteiger partial charge in [-0.15, -0.1) is 0 Å². The Labute approximate surface area is 123 Å². The average molecular weight is 275 g/mol. The summed E-state index contributed by atoms with van der Waals surface area (Å²) in [7, 11) is 4.34. The zero-order valence-electron chi connectivity index (χ0n) is 13.3. The van der Waals surface area contributed by atoms with E-state index in [0.717, 1.165) is 18.8 Å². The van der Waals surface area contributed by atoms with Gasteiger partial charge in [0.05, 0.1) is 5.69 Å². The number of aryl methyl sites for hydroxylation is 1. The van der Waals surface area contributed by atoms with Crippen LogP contribution < -0.4 is 5.32 Å². The van der Waals surface area contributed by atoms with Crippen molar-refractivity contribution in [2.45, 2.75) is 57.5 Å². The number of pyridine rings is 1. The van der Waals surface area contributed by atoms with Crippen LogP contribution in [0.2, 0.25) is 0 Å². The number of hydrogen-bond acceptors (Lipinski definition) is 3. The molecule has 1 heterocycles. The van der Waals surface area contributed by atoms with Gasteiger partial charge in [0.1, 0.15) is 0 Å². The van der Waals surface area contributed by atoms with Gasteiger partial charge in [0, 0.05) is 17.8 Å². The highest BCUT2D eigenvalue weighted by molar-refractivity contribution is 5.09. The first-order chi connectivity index (χ1) is 9.63. The first kappa shape index (κ1) is 15.5. The maximum Gasteiger partial charge on any atom is 0.0547 e. The van der Waals surface area contributed by atoms with Crippen LogP contribution in [-0.4, -0.2) is 36.1 Å². The van der Waals surface area contributed by atoms with Crippen LogP contribution in [0.3, 0.4) is 0 Å². The quantitative estimate of drug-likeness (QED) is 0.864. The fraction of sp³-hybridized carbons (Fsp3) is 0.706. The van der Waals surface area contributed by atoms with Crippen molar-refractivity contribution in [1.82, 2.24) is 15.2 Å². The lowest BCUT2D eigenvalue weighted by Gasteiger charge is -2.38. The van der Waals surface area contributed by atoms with Gasteiger partial charge in [-0.25, -0.2) is 0 Å². The minimum Gasteiger partial charge on any atom is -0.314 e. The van der Waals surface area contributed by atoms with Gasteiger partial charge in [-0.1, -0.05) is 25.3 Å². The molecule has 0 amide bonds. The predicted octanol–water partition coefficient (Wildman–Crippen LogP) is 3.13. The van der Waals surface area contributed by atoms with Crippen LogP contribution in [0, 0.1) is 6.92 Å². The van der Waals surface area contributed by atoms with E-state index in [0.29, 0.717) is 5.54 Å². The van der Waals surface area contributed by atoms with Crippen LogP contribution in [0.1, 0.15) is 49.9 Å². The molecule has 2 rings (SSSR count). The second kappa shape index (κ2) is 7.19. The summed E-state index contributed by atoms with van der Waals surface area (Å²) in [5.74, 6) is 0. The van der Waals surface area contributed by atoms with Crippen molar-refractivity contribution >= 4 is 0 Å². The Balaban J connectivity index is 1.83. The van der Waals surface area contributed by atoms with Crippen LogP contribution >= 0.6 is 0 Å². The molecule has 0 saturated heterocycles. The number of aromatic nitrogens is 1. The second-order valence-corrected chi connectivity index (χ2v) is 6.35. The maximum atomic E-state index is 4.59. The standard InChI is InChI=1S/C17H29N3/c1-15-8-7-9-16(19-15)14-20(3)13-12-17(18-2)10-5-4-6-11-17/h7-9,18H,4-6,10-14H2,1-3H3. The molecule has 0 spiro atoms. The van der Waals surface area contributed by atoms with Gasteiger partial charge in [0.25, 0.3) is 0 Å². The minimum atomic E-state index is 0.381. The van der Waals surface area contributed by atoms with Crippen molar-refractivity contribution < 1.29 is 0 Å². The third-order valence-corrected chi connectivity index (χ3v) is 4.69. The first-order valence-corrected chi connectivity index (χ1v) is 7.94. The van der Waals surface area contributed by atoms with E-state index in [1.54, 1.807) is 0 Å². The van der Waals surface area contributed by atoms with Crippen LogP contribution in [0.5, 0.6) is 0 Å². The topological polar surface area (TPSA) is 28.2 Å². The molecule has 1 N–H and O–H groups in total. The fourth-order valence-electron chi connectivity index (χ4n) is 3.30. The molecule has 0 atom stereocenters. The minimum absolute atomic E-state index is 0.381. The molecule has 1 fully saturated rings. The molecule has 0 aliphatic heterocycles. The van der Waals surface area contributed by atoms with Crippen LogP contribution in [0.15, 0.2) is 18.2 Å². The number of nitrogens with zero attached hydrogens (tertiary/aromatic N) is 2. The van der Waals surface area contributed by atoms with E-state index >= 15 is 0 Å². The van der Waals surface area contributed by atoms with Crippen LogP contribution in [-0.2, 0) is 6.54 Å². The van der Waals surface area contributed by atoms with E-state index < -0.39 is 0 Å². The van der Waals surface area contributed by atoms with Gasteiger partial charge in [-0.05, 0) is 59.0 Å². The molecule has 0 radical (unpaired) electrons. The second-order valence-electron chi connectivity index (χ2n) is 6.35. The highest BCUT2D eigenvalue weighted by atomic mass is 15.1. The summed E-state index contributed by atoms with van der Waals surface area (Å²) >= 11 is 0. The first-order valence-electron chi connectivity index (χ1n) is 7.94. The highest BCUT2D eigenvalue weighted by Crippen LogP contribution is 2.30. The molecular formula is C17H29N3. The molecule has 0 bridgehead atoms. The predicted molar refractivity (Wildman–Crippen MR) is 84.8 cm³/mol. The monoisotopic (exact) mass is 275 g/mol. The van der Waals surface area contributed by atoms with Crippen molar-refractivity contribution in [3.63, 3.8) is 0 Å². The Bertz CT molecular complexity index is 410. The Morgan fingerprint density at radius 1 is 1.25 bits per heavy atom. The largest absolute Gasteiger partial charge is 0.314 e. The lowest BCUT2D eigenvalue weighted by Crippen LogP contribution is -2.46. The molecule has 0 unspecified atom stereocenters. The number of rotatable bonds is 6. The normalized spacial score (nSPS) is 18.4. The summed E-state index contributed by atoms with van der Waals surface area (Å²) < 4.78 is 0. The van der Waals surface area contributed by atoms with E-state index in [1.165, 1.54) is 44.2 Å². The van der Waals surface area contributed by atoms with E-state index in [9.17, 15) is 0 Å². The molecule has 1 aromatic heterocycles. The van der Waals surface area contributed by atoms with Gasteiger partial charge in [-0.3, -0.25) is 4.98 Å². The van der Waals surface area contributed by atoms with Gasteiger partial charge >= 0.3 is 0 Å². The smallest absolute Gasteiger partial charge is 0.0547 e. The van der Waals surface area contributed by atoms with E-state index in [2.05, 4.69) is 54.4 Å². The van der Waals surface area contributed by atoms with Gasteiger partial charge < -0.3 is 10.2 Å². The van der Waals surface area contributed by atoms with Crippen molar-refractivity contribution in [2.75, 3.05) is 20.6 Å². The molecule has 112 valence electrons. The zero-order valence-corrected chi connectivity index (χ0v) is 13.3. The SMILES string of the molecule is CNC1(CCN(C)Cc2cccc(C)n2)CCCCC1. The molecular weight excluding hydrogens is 246 g/mol. The van der Waals surface area contributed by atoms with E-state index in [4.69, 9.17) is 0 Å². The van der Waals surface area contributed by atoms with E-state index in [-0.39, 0.29) is 0 Å². The van der Waals surface area contributed by atoms with Gasteiger partial charge in [0.15, 0.2) is 0 Å². The molecule has 1 aromatic rings. The van der Waals surface area contributed by atoms with Crippen molar-refractivity contribution in [3.8, 4) is 0 Å². The molecule has 1 aliphatic rings. The molecule has 0 aromatic carbocycles. The Morgan fingerprint density at radius 2 is 2.00 bits per heavy atom. The van der Waals surface area contributed by atoms with Crippen LogP contribution in [0.25, 0.3) is 0 Å². The molecule has 3 nitrogen and oxygen atoms in total. The molecule has 3 heteroatoms. The molecule has 20 heavy (non-hydrogen) atoms. The lowest BCUT2D eigenvalue weighted by atomic mass is 9.79. The summed E-state index contributed by atoms with van der Waals surface area (Å²) in [6, 6.07) is 6.28. The number of nitrogens with one attached hydrogen (secondary N) is 1. The summed E-state index contributed by atoms with van der Waals surface area (Å²) in [5.41, 5.74) is 2.66. The Hall–Kier alpha value is -0.930. The van der Waals surface area contributed by atoms with Crippen LogP contribution in [0.4, 0.5) is 0 Å². The third kappa shape index (κ3) is 4.29. The van der Waals surface area contributed by atoms with Crippen molar-refractivity contribution in [1.29, 1.82) is 0 Å². The maximum absolute atomic E-state index is 4.59. The van der Waals surface area contributed by atoms with E-state index in [1.807, 2.05) is 0 Å². The lowest BCUT2D eigenvalue weighted by molar-refractivity contribution is 0.193. The summed E-state index contributed by atoms with van der Waals surface area (Å²) in [4.78, 5) is 6.99. The van der Waals surface area contributed by atoms with Gasteiger partial charge in [0.2, 0.25) is 0 Å². The molecule has 1 aliphatic carbocycles. The van der Waals surface area contributed by atoms with Crippen molar-refractivity contribution in [2.24, 2.45) is 0 Å². The fourth-order valence-corrected chi connectivity index (χ4v) is 3.30. The molecule has 1 saturated carbocycles. The average Bonchev–Trinajstić information content (AvgIpc) is 2.46. The highest BCUT2D eigenvalue weighted by Gasteiger charge is 2.29. The summed E-state index contributed by atoms with van der Waals surface area (Å²) in [5, 5.41) is 3.60. The Kier molecular flexibility index (Phi) is 5.55. The van der Waals surface area contributed by atoms with Gasteiger partial charge in [-0.2, -0.15) is 0 Å². The third-order valence-electron chi connectivity index (χ3n) is 4.69. The van der Waals surface area contributed by atoms with Crippen molar-refractivity contribution in [3.05, 3.63) is 29.6 Å². The number of hydrogen-bond donors (Lipinski definition) is 1. The summed E-state index contributed by atoms with van der Waals surface area (Å²) in [6.45, 7) is 4.14. The zero-order chi connectivity index (χ0) is 14.4. The Morgan fingerprint density at radius 3 is 2.65 bits per heavy atom.